The number of alkyl halides is 6. The fraction of sp³-hybridized carbons (Fsp3) is 0.516. The number of aromatic nitrogens is 3. The van der Waals surface area contributed by atoms with E-state index in [0.717, 1.165) is 25.7 Å². The molecule has 1 unspecified atom stereocenters. The molecule has 1 aliphatic heterocycles. The molecule has 3 aromatic rings. The Morgan fingerprint density at radius 1 is 1.02 bits per heavy atom. The molecular formula is C31H33F6N5O4S. The van der Waals surface area contributed by atoms with Crippen molar-refractivity contribution in [1.29, 1.82) is 0 Å². The second-order valence-corrected chi connectivity index (χ2v) is 12.7. The summed E-state index contributed by atoms with van der Waals surface area (Å²) >= 11 is 1.35. The molecule has 1 amide bonds. The van der Waals surface area contributed by atoms with E-state index in [0.29, 0.717) is 48.1 Å². The van der Waals surface area contributed by atoms with Crippen LogP contribution in [0.15, 0.2) is 35.3 Å². The highest BCUT2D eigenvalue weighted by Crippen LogP contribution is 2.41. The number of carbonyl (C=O) groups is 2. The first-order valence-electron chi connectivity index (χ1n) is 15.1. The van der Waals surface area contributed by atoms with Gasteiger partial charge in [-0.25, -0.2) is 19.7 Å². The van der Waals surface area contributed by atoms with Crippen LogP contribution in [-0.2, 0) is 28.4 Å². The van der Waals surface area contributed by atoms with Gasteiger partial charge >= 0.3 is 24.4 Å². The van der Waals surface area contributed by atoms with Crippen LogP contribution in [-0.4, -0.2) is 56.2 Å². The molecule has 9 nitrogen and oxygen atoms in total. The summed E-state index contributed by atoms with van der Waals surface area (Å²) in [4.78, 5) is 41.3. The van der Waals surface area contributed by atoms with Gasteiger partial charge in [-0.3, -0.25) is 9.69 Å². The molecular weight excluding hydrogens is 652 g/mol. The average molecular weight is 686 g/mol. The number of carbonyl (C=O) groups excluding carboxylic acids is 1. The van der Waals surface area contributed by atoms with Crippen molar-refractivity contribution in [3.63, 3.8) is 0 Å². The van der Waals surface area contributed by atoms with Crippen molar-refractivity contribution >= 4 is 29.2 Å². The Kier molecular flexibility index (Phi) is 9.99. The topological polar surface area (TPSA) is 109 Å². The maximum atomic E-state index is 13.6. The Morgan fingerprint density at radius 2 is 1.66 bits per heavy atom. The fourth-order valence-corrected chi connectivity index (χ4v) is 6.81. The molecule has 3 heterocycles. The van der Waals surface area contributed by atoms with Gasteiger partial charge < -0.3 is 14.7 Å². The molecule has 2 aliphatic rings. The van der Waals surface area contributed by atoms with Crippen molar-refractivity contribution in [2.75, 3.05) is 18.0 Å². The third-order valence-electron chi connectivity index (χ3n) is 8.76. The SMILES string of the molecule is CCN(C[C@H]1CC[C@H](CC(=O)O)CC1)c1ncc(-c2cscn2)nc1CN1C(=O)OC(c2cc(C(F)(F)F)cc(C(F)(F)F)c2)[C@@H]1C. The van der Waals surface area contributed by atoms with Crippen LogP contribution in [0.1, 0.15) is 74.4 Å². The molecule has 254 valence electrons. The first kappa shape index (κ1) is 34.4. The van der Waals surface area contributed by atoms with Gasteiger partial charge in [-0.05, 0) is 75.1 Å². The minimum absolute atomic E-state index is 0.0342. The monoisotopic (exact) mass is 685 g/mol. The minimum Gasteiger partial charge on any atom is -0.481 e. The number of hydrogen-bond acceptors (Lipinski definition) is 8. The van der Waals surface area contributed by atoms with Crippen LogP contribution in [0, 0.1) is 11.8 Å². The summed E-state index contributed by atoms with van der Waals surface area (Å²) in [5.74, 6) is 0.0541. The van der Waals surface area contributed by atoms with Crippen LogP contribution < -0.4 is 4.90 Å². The molecule has 5 rings (SSSR count). The van der Waals surface area contributed by atoms with Crippen LogP contribution in [0.3, 0.4) is 0 Å². The molecule has 2 aromatic heterocycles. The van der Waals surface area contributed by atoms with Gasteiger partial charge in [0.1, 0.15) is 23.2 Å². The molecule has 0 spiro atoms. The summed E-state index contributed by atoms with van der Waals surface area (Å²) < 4.78 is 86.8. The van der Waals surface area contributed by atoms with Crippen molar-refractivity contribution in [3.8, 4) is 11.4 Å². The highest BCUT2D eigenvalue weighted by Gasteiger charge is 2.44. The lowest BCUT2D eigenvalue weighted by Gasteiger charge is -2.33. The number of amides is 1. The predicted octanol–water partition coefficient (Wildman–Crippen LogP) is 7.83. The van der Waals surface area contributed by atoms with Gasteiger partial charge in [0, 0.05) is 24.9 Å². The van der Waals surface area contributed by atoms with Gasteiger partial charge in [-0.2, -0.15) is 26.3 Å². The molecule has 2 atom stereocenters. The molecule has 47 heavy (non-hydrogen) atoms. The van der Waals surface area contributed by atoms with E-state index in [1.54, 1.807) is 17.1 Å². The van der Waals surface area contributed by atoms with E-state index in [-0.39, 0.29) is 30.9 Å². The van der Waals surface area contributed by atoms with Gasteiger partial charge in [0.2, 0.25) is 0 Å². The van der Waals surface area contributed by atoms with E-state index >= 15 is 0 Å². The molecule has 0 bridgehead atoms. The highest BCUT2D eigenvalue weighted by atomic mass is 32.1. The third kappa shape index (κ3) is 7.96. The van der Waals surface area contributed by atoms with E-state index in [9.17, 15) is 35.9 Å². The zero-order valence-corrected chi connectivity index (χ0v) is 26.3. The predicted molar refractivity (Wildman–Crippen MR) is 159 cm³/mol. The van der Waals surface area contributed by atoms with Crippen LogP contribution >= 0.6 is 11.3 Å². The van der Waals surface area contributed by atoms with Crippen LogP contribution in [0.4, 0.5) is 37.0 Å². The quantitative estimate of drug-likeness (QED) is 0.215. The maximum absolute atomic E-state index is 13.6. The first-order valence-corrected chi connectivity index (χ1v) is 16.1. The van der Waals surface area contributed by atoms with E-state index in [4.69, 9.17) is 19.8 Å². The van der Waals surface area contributed by atoms with Crippen molar-refractivity contribution in [3.05, 3.63) is 57.7 Å². The number of benzene rings is 1. The Bertz CT molecular complexity index is 1550. The molecule has 16 heteroatoms. The number of rotatable bonds is 10. The van der Waals surface area contributed by atoms with Gasteiger partial charge in [-0.15, -0.1) is 11.3 Å². The van der Waals surface area contributed by atoms with Gasteiger partial charge in [0.05, 0.1) is 35.4 Å². The second kappa shape index (κ2) is 13.6. The van der Waals surface area contributed by atoms with Gasteiger partial charge in [0.25, 0.3) is 0 Å². The highest BCUT2D eigenvalue weighted by molar-refractivity contribution is 7.07. The van der Waals surface area contributed by atoms with Gasteiger partial charge in [0.15, 0.2) is 5.82 Å². The van der Waals surface area contributed by atoms with Crippen LogP contribution in [0.2, 0.25) is 0 Å². The largest absolute Gasteiger partial charge is 0.481 e. The number of anilines is 1. The maximum Gasteiger partial charge on any atom is 0.416 e. The number of nitrogens with zero attached hydrogens (tertiary/aromatic N) is 5. The lowest BCUT2D eigenvalue weighted by atomic mass is 9.80. The molecule has 1 aromatic carbocycles. The Balaban J connectivity index is 1.43. The van der Waals surface area contributed by atoms with E-state index < -0.39 is 53.3 Å². The number of aliphatic carboxylic acids is 1. The summed E-state index contributed by atoms with van der Waals surface area (Å²) in [6, 6.07) is 0.229. The number of ether oxygens (including phenoxy) is 1. The van der Waals surface area contributed by atoms with Crippen LogP contribution in [0.5, 0.6) is 0 Å². The summed E-state index contributed by atoms with van der Waals surface area (Å²) in [6.45, 7) is 4.38. The summed E-state index contributed by atoms with van der Waals surface area (Å²) in [7, 11) is 0. The number of carboxylic acids is 1. The van der Waals surface area contributed by atoms with Crippen LogP contribution in [0.25, 0.3) is 11.4 Å². The number of hydrogen-bond donors (Lipinski definition) is 1. The van der Waals surface area contributed by atoms with E-state index in [1.165, 1.54) is 23.2 Å². The Hall–Kier alpha value is -3.95. The molecule has 1 aliphatic carbocycles. The molecule has 1 N–H and O–H groups in total. The summed E-state index contributed by atoms with van der Waals surface area (Å²) in [5.41, 5.74) is -0.452. The molecule has 2 fully saturated rings. The number of cyclic esters (lactones) is 1. The van der Waals surface area contributed by atoms with Crippen molar-refractivity contribution < 1.29 is 45.8 Å². The second-order valence-electron chi connectivity index (χ2n) is 11.9. The minimum atomic E-state index is -5.05. The smallest absolute Gasteiger partial charge is 0.416 e. The fourth-order valence-electron chi connectivity index (χ4n) is 6.26. The number of halogens is 6. The van der Waals surface area contributed by atoms with E-state index in [1.807, 2.05) is 11.8 Å². The molecule has 1 saturated carbocycles. The van der Waals surface area contributed by atoms with E-state index in [2.05, 4.69) is 4.98 Å². The number of thiazole rings is 1. The Morgan fingerprint density at radius 3 is 2.21 bits per heavy atom. The van der Waals surface area contributed by atoms with Crippen molar-refractivity contribution in [2.45, 2.75) is 77.0 Å². The number of carboxylic acid groups (broad SMARTS) is 1. The summed E-state index contributed by atoms with van der Waals surface area (Å²) in [5, 5.41) is 10.9. The lowest BCUT2D eigenvalue weighted by Crippen LogP contribution is -2.36. The van der Waals surface area contributed by atoms with Crippen molar-refractivity contribution in [2.24, 2.45) is 11.8 Å². The molecule has 1 saturated heterocycles. The summed E-state index contributed by atoms with van der Waals surface area (Å²) in [6.07, 6.45) is -7.48. The zero-order chi connectivity index (χ0) is 34.1. The third-order valence-corrected chi connectivity index (χ3v) is 9.34. The molecule has 0 radical (unpaired) electrons. The van der Waals surface area contributed by atoms with Crippen molar-refractivity contribution in [1.82, 2.24) is 19.9 Å². The van der Waals surface area contributed by atoms with Gasteiger partial charge in [-0.1, -0.05) is 0 Å². The zero-order valence-electron chi connectivity index (χ0n) is 25.5. The lowest BCUT2D eigenvalue weighted by molar-refractivity contribution is -0.143. The average Bonchev–Trinajstić information content (AvgIpc) is 3.64. The normalized spacial score (nSPS) is 22.0. The standard InChI is InChI=1S/C31H33F6N5O4S/c1-3-41(13-19-6-4-18(5-7-19)8-26(43)44)28-24(40-23(12-38-28)25-15-47-16-39-25)14-42-17(2)27(46-29(42)45)20-9-21(30(32,33)34)11-22(10-20)31(35,36)37/h9-12,15-19,27H,3-8,13-14H2,1-2H3,(H,43,44)/t17-,18-,19-,27?/m0/s1. The first-order chi connectivity index (χ1) is 22.1. The Labute approximate surface area is 270 Å².